The lowest BCUT2D eigenvalue weighted by Gasteiger charge is -2.16. The molecular weight excluding hydrogens is 306 g/mol. The smallest absolute Gasteiger partial charge is 0.212 e. The molecule has 1 aliphatic heterocycles. The first-order chi connectivity index (χ1) is 10.5. The Morgan fingerprint density at radius 3 is 2.26 bits per heavy atom. The van der Waals surface area contributed by atoms with Crippen LogP contribution in [0.2, 0.25) is 0 Å². The van der Waals surface area contributed by atoms with Gasteiger partial charge in [0.2, 0.25) is 11.4 Å². The summed E-state index contributed by atoms with van der Waals surface area (Å²) >= 11 is 0. The third-order valence-electron chi connectivity index (χ3n) is 4.42. The highest BCUT2D eigenvalue weighted by atomic mass is 35.5. The molecule has 0 bridgehead atoms. The summed E-state index contributed by atoms with van der Waals surface area (Å²) in [6.07, 6.45) is 1.98. The van der Waals surface area contributed by atoms with Gasteiger partial charge in [0.1, 0.15) is 13.3 Å². The summed E-state index contributed by atoms with van der Waals surface area (Å²) in [5.41, 5.74) is 4.86. The van der Waals surface area contributed by atoms with Gasteiger partial charge in [-0.15, -0.1) is 0 Å². The van der Waals surface area contributed by atoms with Crippen LogP contribution >= 0.6 is 0 Å². The second-order valence-corrected chi connectivity index (χ2v) is 6.19. The fourth-order valence-electron chi connectivity index (χ4n) is 3.08. The molecule has 4 heteroatoms. The highest BCUT2D eigenvalue weighted by molar-refractivity contribution is 6.33. The third-order valence-corrected chi connectivity index (χ3v) is 4.42. The third kappa shape index (κ3) is 3.02. The van der Waals surface area contributed by atoms with E-state index in [1.807, 2.05) is 36.5 Å². The van der Waals surface area contributed by atoms with Gasteiger partial charge >= 0.3 is 0 Å². The number of halogens is 1. The number of fused-ring (bicyclic) bond motifs is 1. The fraction of sp³-hybridized carbons (Fsp3) is 0.263. The van der Waals surface area contributed by atoms with Crippen LogP contribution in [0.25, 0.3) is 0 Å². The zero-order valence-electron chi connectivity index (χ0n) is 14.0. The van der Waals surface area contributed by atoms with Crippen LogP contribution in [0.5, 0.6) is 0 Å². The van der Waals surface area contributed by atoms with Crippen LogP contribution in [0.3, 0.4) is 0 Å². The van der Waals surface area contributed by atoms with Crippen LogP contribution in [0.4, 0.5) is 11.4 Å². The summed E-state index contributed by atoms with van der Waals surface area (Å²) in [5.74, 6) is 0. The maximum absolute atomic E-state index is 4.64. The first-order valence-electron chi connectivity index (χ1n) is 7.55. The van der Waals surface area contributed by atoms with Gasteiger partial charge in [0.15, 0.2) is 0 Å². The number of benzene rings is 2. The number of hydrogen-bond donors (Lipinski definition) is 0. The summed E-state index contributed by atoms with van der Waals surface area (Å²) in [6, 6.07) is 18.7. The summed E-state index contributed by atoms with van der Waals surface area (Å²) in [5, 5.41) is 6.54. The number of anilines is 1. The number of rotatable bonds is 3. The van der Waals surface area contributed by atoms with Crippen molar-refractivity contribution in [2.45, 2.75) is 19.3 Å². The average molecular weight is 328 g/mol. The molecule has 0 saturated heterocycles. The van der Waals surface area contributed by atoms with Gasteiger partial charge in [0, 0.05) is 18.7 Å². The number of para-hydroxylation sites is 2. The summed E-state index contributed by atoms with van der Waals surface area (Å²) in [6.45, 7) is 4.50. The van der Waals surface area contributed by atoms with E-state index in [2.05, 4.69) is 67.0 Å². The molecule has 0 radical (unpaired) electrons. The molecule has 0 unspecified atom stereocenters. The van der Waals surface area contributed by atoms with E-state index in [1.54, 1.807) is 0 Å². The standard InChI is InChI=1S/C19H22N3.ClH/c1-19(2)16-12-8-9-13-17(16)21(3)18(19)14-20-22(4)15-10-6-5-7-11-15;/h5-14H,1-4H3;1H/q+1;/p-1. The van der Waals surface area contributed by atoms with Gasteiger partial charge in [0.25, 0.3) is 0 Å². The van der Waals surface area contributed by atoms with Crippen LogP contribution in [0.1, 0.15) is 19.4 Å². The molecule has 23 heavy (non-hydrogen) atoms. The van der Waals surface area contributed by atoms with Crippen molar-refractivity contribution in [1.29, 1.82) is 0 Å². The first-order valence-corrected chi connectivity index (χ1v) is 7.55. The molecule has 1 aliphatic rings. The Morgan fingerprint density at radius 2 is 1.61 bits per heavy atom. The molecule has 0 saturated carbocycles. The lowest BCUT2D eigenvalue weighted by Crippen LogP contribution is -3.00. The van der Waals surface area contributed by atoms with Crippen molar-refractivity contribution in [2.75, 3.05) is 19.1 Å². The number of hydrogen-bond acceptors (Lipinski definition) is 2. The highest BCUT2D eigenvalue weighted by Crippen LogP contribution is 2.38. The quantitative estimate of drug-likeness (QED) is 0.464. The molecule has 2 aromatic carbocycles. The van der Waals surface area contributed by atoms with E-state index in [1.165, 1.54) is 17.0 Å². The van der Waals surface area contributed by atoms with Gasteiger partial charge in [-0.05, 0) is 26.0 Å². The van der Waals surface area contributed by atoms with Crippen molar-refractivity contribution >= 4 is 23.3 Å². The van der Waals surface area contributed by atoms with Crippen molar-refractivity contribution in [3.63, 3.8) is 0 Å². The topological polar surface area (TPSA) is 18.6 Å². The van der Waals surface area contributed by atoms with Crippen molar-refractivity contribution in [1.82, 2.24) is 0 Å². The van der Waals surface area contributed by atoms with Crippen LogP contribution < -0.4 is 17.4 Å². The number of nitrogens with zero attached hydrogens (tertiary/aromatic N) is 3. The van der Waals surface area contributed by atoms with E-state index in [0.717, 1.165) is 5.69 Å². The summed E-state index contributed by atoms with van der Waals surface area (Å²) in [7, 11) is 4.08. The molecule has 1 heterocycles. The molecule has 120 valence electrons. The highest BCUT2D eigenvalue weighted by Gasteiger charge is 2.43. The van der Waals surface area contributed by atoms with E-state index >= 15 is 0 Å². The van der Waals surface area contributed by atoms with E-state index in [9.17, 15) is 0 Å². The Morgan fingerprint density at radius 1 is 1.00 bits per heavy atom. The minimum atomic E-state index is -0.0353. The Bertz CT molecular complexity index is 748. The zero-order valence-corrected chi connectivity index (χ0v) is 14.7. The molecule has 0 amide bonds. The normalized spacial score (nSPS) is 15.5. The predicted molar refractivity (Wildman–Crippen MR) is 93.7 cm³/mol. The van der Waals surface area contributed by atoms with Crippen LogP contribution in [-0.4, -0.2) is 30.6 Å². The van der Waals surface area contributed by atoms with Gasteiger partial charge < -0.3 is 12.4 Å². The van der Waals surface area contributed by atoms with Gasteiger partial charge in [-0.2, -0.15) is 9.68 Å². The molecule has 0 aromatic heterocycles. The second-order valence-electron chi connectivity index (χ2n) is 6.19. The van der Waals surface area contributed by atoms with E-state index in [-0.39, 0.29) is 17.8 Å². The lowest BCUT2D eigenvalue weighted by atomic mass is 9.82. The van der Waals surface area contributed by atoms with Gasteiger partial charge in [0.05, 0.1) is 11.1 Å². The van der Waals surface area contributed by atoms with Crippen molar-refractivity contribution in [3.8, 4) is 0 Å². The SMILES string of the molecule is CN(/N=C/C1=[N+](C)c2ccccc2C1(C)C)c1ccccc1.[Cl-]. The minimum Gasteiger partial charge on any atom is -1.00 e. The van der Waals surface area contributed by atoms with E-state index in [0.29, 0.717) is 0 Å². The molecule has 0 spiro atoms. The Balaban J connectivity index is 0.00000192. The first kappa shape index (κ1) is 17.2. The van der Waals surface area contributed by atoms with Crippen LogP contribution in [0.15, 0.2) is 59.7 Å². The van der Waals surface area contributed by atoms with Crippen LogP contribution in [0, 0.1) is 0 Å². The number of hydrazone groups is 1. The molecule has 0 fully saturated rings. The summed E-state index contributed by atoms with van der Waals surface area (Å²) < 4.78 is 2.23. The maximum Gasteiger partial charge on any atom is 0.212 e. The van der Waals surface area contributed by atoms with Crippen molar-refractivity contribution < 1.29 is 17.0 Å². The van der Waals surface area contributed by atoms with Gasteiger partial charge in [-0.1, -0.05) is 36.4 Å². The monoisotopic (exact) mass is 327 g/mol. The van der Waals surface area contributed by atoms with Gasteiger partial charge in [-0.25, -0.2) is 0 Å². The second kappa shape index (κ2) is 6.55. The zero-order chi connectivity index (χ0) is 15.7. The molecule has 0 aliphatic carbocycles. The lowest BCUT2D eigenvalue weighted by molar-refractivity contribution is -0.400. The average Bonchev–Trinajstić information content (AvgIpc) is 2.73. The molecule has 3 nitrogen and oxygen atoms in total. The maximum atomic E-state index is 4.64. The van der Waals surface area contributed by atoms with Crippen molar-refractivity contribution in [2.24, 2.45) is 5.10 Å². The van der Waals surface area contributed by atoms with Gasteiger partial charge in [-0.3, -0.25) is 5.01 Å². The van der Waals surface area contributed by atoms with E-state index in [4.69, 9.17) is 0 Å². The molecule has 0 N–H and O–H groups in total. The molecule has 3 rings (SSSR count). The Labute approximate surface area is 144 Å². The fourth-order valence-corrected chi connectivity index (χ4v) is 3.08. The minimum absolute atomic E-state index is 0. The summed E-state index contributed by atoms with van der Waals surface area (Å²) in [4.78, 5) is 0. The molecule has 0 atom stereocenters. The van der Waals surface area contributed by atoms with E-state index < -0.39 is 0 Å². The molecule has 2 aromatic rings. The molecular formula is C19H22ClN3. The van der Waals surface area contributed by atoms with Crippen LogP contribution in [-0.2, 0) is 5.41 Å². The Hall–Kier alpha value is -2.13. The largest absolute Gasteiger partial charge is 1.00 e. The van der Waals surface area contributed by atoms with Crippen molar-refractivity contribution in [3.05, 3.63) is 60.2 Å². The Kier molecular flexibility index (Phi) is 4.90. The predicted octanol–water partition coefficient (Wildman–Crippen LogP) is 0.819.